The minimum Gasteiger partial charge on any atom is -0.377 e. The van der Waals surface area contributed by atoms with Gasteiger partial charge in [0.1, 0.15) is 0 Å². The molecule has 2 N–H and O–H groups in total. The van der Waals surface area contributed by atoms with Gasteiger partial charge in [0.25, 0.3) is 0 Å². The first kappa shape index (κ1) is 11.6. The van der Waals surface area contributed by atoms with Gasteiger partial charge in [-0.3, -0.25) is 9.78 Å². The van der Waals surface area contributed by atoms with E-state index in [1.807, 2.05) is 12.1 Å². The Morgan fingerprint density at radius 1 is 1.61 bits per heavy atom. The second-order valence-corrected chi connectivity index (χ2v) is 4.93. The highest BCUT2D eigenvalue weighted by Crippen LogP contribution is 2.39. The summed E-state index contributed by atoms with van der Waals surface area (Å²) >= 11 is 0. The van der Waals surface area contributed by atoms with Crippen molar-refractivity contribution < 1.29 is 9.53 Å². The largest absolute Gasteiger partial charge is 0.377 e. The molecule has 1 amide bonds. The van der Waals surface area contributed by atoms with Gasteiger partial charge < -0.3 is 15.4 Å². The lowest BCUT2D eigenvalue weighted by atomic mass is 9.76. The topological polar surface area (TPSA) is 63.2 Å². The number of amides is 1. The molecule has 2 fully saturated rings. The summed E-state index contributed by atoms with van der Waals surface area (Å²) < 4.78 is 5.70. The lowest BCUT2D eigenvalue weighted by molar-refractivity contribution is -0.130. The molecule has 1 aromatic rings. The Kier molecular flexibility index (Phi) is 3.01. The number of nitrogens with one attached hydrogen (secondary N) is 2. The Hall–Kier alpha value is -1.46. The standard InChI is InChI=1S/C13H17N3O2/c17-12(16-10-2-1-5-14-8-10)13-4-7-18-11(13)3-6-15-9-13/h1-2,5,8,11,15H,3-4,6-7,9H2,(H,16,17)/t11-,13-/m1/s1. The van der Waals surface area contributed by atoms with E-state index in [4.69, 9.17) is 4.74 Å². The highest BCUT2D eigenvalue weighted by atomic mass is 16.5. The van der Waals surface area contributed by atoms with Crippen molar-refractivity contribution >= 4 is 11.6 Å². The maximum absolute atomic E-state index is 12.5. The predicted molar refractivity (Wildman–Crippen MR) is 67.1 cm³/mol. The van der Waals surface area contributed by atoms with E-state index >= 15 is 0 Å². The first-order valence-corrected chi connectivity index (χ1v) is 6.35. The first-order valence-electron chi connectivity index (χ1n) is 6.35. The highest BCUT2D eigenvalue weighted by molar-refractivity contribution is 5.96. The summed E-state index contributed by atoms with van der Waals surface area (Å²) in [5.74, 6) is 0.0465. The monoisotopic (exact) mass is 247 g/mol. The van der Waals surface area contributed by atoms with Crippen molar-refractivity contribution in [3.63, 3.8) is 0 Å². The minimum atomic E-state index is -0.409. The molecule has 18 heavy (non-hydrogen) atoms. The molecular formula is C13H17N3O2. The van der Waals surface area contributed by atoms with E-state index < -0.39 is 5.41 Å². The fourth-order valence-corrected chi connectivity index (χ4v) is 2.84. The number of hydrogen-bond donors (Lipinski definition) is 2. The Labute approximate surface area is 106 Å². The molecule has 1 aromatic heterocycles. The van der Waals surface area contributed by atoms with Gasteiger partial charge in [0.2, 0.25) is 5.91 Å². The third-order valence-corrected chi connectivity index (χ3v) is 3.88. The van der Waals surface area contributed by atoms with Crippen LogP contribution in [0.2, 0.25) is 0 Å². The lowest BCUT2D eigenvalue weighted by Crippen LogP contribution is -2.54. The van der Waals surface area contributed by atoms with E-state index in [1.54, 1.807) is 12.4 Å². The van der Waals surface area contributed by atoms with Crippen molar-refractivity contribution in [2.75, 3.05) is 25.0 Å². The van der Waals surface area contributed by atoms with Crippen LogP contribution in [-0.2, 0) is 9.53 Å². The van der Waals surface area contributed by atoms with Gasteiger partial charge in [-0.05, 0) is 31.5 Å². The van der Waals surface area contributed by atoms with Crippen molar-refractivity contribution in [3.8, 4) is 0 Å². The van der Waals surface area contributed by atoms with Gasteiger partial charge in [0.15, 0.2) is 0 Å². The third kappa shape index (κ3) is 1.89. The molecule has 2 atom stereocenters. The molecule has 2 saturated heterocycles. The average Bonchev–Trinajstić information content (AvgIpc) is 2.85. The highest BCUT2D eigenvalue weighted by Gasteiger charge is 2.51. The fraction of sp³-hybridized carbons (Fsp3) is 0.538. The predicted octanol–water partition coefficient (Wildman–Crippen LogP) is 0.789. The number of piperidine rings is 1. The van der Waals surface area contributed by atoms with Crippen LogP contribution >= 0.6 is 0 Å². The molecule has 0 unspecified atom stereocenters. The summed E-state index contributed by atoms with van der Waals surface area (Å²) in [7, 11) is 0. The van der Waals surface area contributed by atoms with E-state index in [-0.39, 0.29) is 12.0 Å². The molecule has 0 aromatic carbocycles. The second-order valence-electron chi connectivity index (χ2n) is 4.93. The van der Waals surface area contributed by atoms with E-state index in [1.165, 1.54) is 0 Å². The zero-order valence-corrected chi connectivity index (χ0v) is 10.2. The molecular weight excluding hydrogens is 230 g/mol. The molecule has 5 heteroatoms. The summed E-state index contributed by atoms with van der Waals surface area (Å²) in [6.45, 7) is 2.29. The van der Waals surface area contributed by atoms with Crippen LogP contribution in [-0.4, -0.2) is 36.7 Å². The van der Waals surface area contributed by atoms with Crippen molar-refractivity contribution in [2.24, 2.45) is 5.41 Å². The number of anilines is 1. The lowest BCUT2D eigenvalue weighted by Gasteiger charge is -2.36. The van der Waals surface area contributed by atoms with Gasteiger partial charge in [-0.25, -0.2) is 0 Å². The summed E-state index contributed by atoms with van der Waals surface area (Å²) in [6.07, 6.45) is 5.10. The molecule has 2 aliphatic rings. The molecule has 5 nitrogen and oxygen atoms in total. The van der Waals surface area contributed by atoms with E-state index in [2.05, 4.69) is 15.6 Å². The van der Waals surface area contributed by atoms with Gasteiger partial charge in [0.05, 0.1) is 23.4 Å². The first-order chi connectivity index (χ1) is 8.81. The van der Waals surface area contributed by atoms with Crippen LogP contribution in [0.3, 0.4) is 0 Å². The Balaban J connectivity index is 1.78. The molecule has 0 bridgehead atoms. The number of carbonyl (C=O) groups is 1. The van der Waals surface area contributed by atoms with Crippen molar-refractivity contribution in [1.29, 1.82) is 0 Å². The molecule has 3 rings (SSSR count). The Morgan fingerprint density at radius 2 is 2.56 bits per heavy atom. The maximum atomic E-state index is 12.5. The molecule has 96 valence electrons. The Morgan fingerprint density at radius 3 is 3.39 bits per heavy atom. The summed E-state index contributed by atoms with van der Waals surface area (Å²) in [5, 5.41) is 6.26. The van der Waals surface area contributed by atoms with Crippen LogP contribution in [0.25, 0.3) is 0 Å². The summed E-state index contributed by atoms with van der Waals surface area (Å²) in [5.41, 5.74) is 0.335. The minimum absolute atomic E-state index is 0.0465. The number of carbonyl (C=O) groups excluding carboxylic acids is 1. The van der Waals surface area contributed by atoms with Crippen LogP contribution < -0.4 is 10.6 Å². The van der Waals surface area contributed by atoms with Crippen LogP contribution in [0, 0.1) is 5.41 Å². The number of aromatic nitrogens is 1. The van der Waals surface area contributed by atoms with Crippen LogP contribution in [0.5, 0.6) is 0 Å². The van der Waals surface area contributed by atoms with Crippen LogP contribution in [0.1, 0.15) is 12.8 Å². The SMILES string of the molecule is O=C(Nc1cccnc1)[C@@]12CCO[C@@H]1CCNC2. The maximum Gasteiger partial charge on any atom is 0.234 e. The van der Waals surface area contributed by atoms with Gasteiger partial charge in [-0.1, -0.05) is 0 Å². The molecule has 0 radical (unpaired) electrons. The number of ether oxygens (including phenoxy) is 1. The second kappa shape index (κ2) is 4.66. The normalized spacial score (nSPS) is 30.8. The molecule has 0 spiro atoms. The van der Waals surface area contributed by atoms with Crippen molar-refractivity contribution in [1.82, 2.24) is 10.3 Å². The van der Waals surface area contributed by atoms with Gasteiger partial charge in [-0.15, -0.1) is 0 Å². The average molecular weight is 247 g/mol. The third-order valence-electron chi connectivity index (χ3n) is 3.88. The van der Waals surface area contributed by atoms with Gasteiger partial charge >= 0.3 is 0 Å². The number of hydrogen-bond acceptors (Lipinski definition) is 4. The van der Waals surface area contributed by atoms with E-state index in [0.29, 0.717) is 13.2 Å². The van der Waals surface area contributed by atoms with Crippen molar-refractivity contribution in [3.05, 3.63) is 24.5 Å². The number of pyridine rings is 1. The van der Waals surface area contributed by atoms with E-state index in [0.717, 1.165) is 25.1 Å². The number of rotatable bonds is 2. The van der Waals surface area contributed by atoms with Gasteiger partial charge in [-0.2, -0.15) is 0 Å². The number of nitrogens with zero attached hydrogens (tertiary/aromatic N) is 1. The summed E-state index contributed by atoms with van der Waals surface area (Å²) in [6, 6.07) is 3.66. The van der Waals surface area contributed by atoms with Crippen molar-refractivity contribution in [2.45, 2.75) is 18.9 Å². The Bertz CT molecular complexity index is 437. The zero-order chi connectivity index (χ0) is 12.4. The molecule has 3 heterocycles. The number of fused-ring (bicyclic) bond motifs is 1. The molecule has 2 aliphatic heterocycles. The van der Waals surface area contributed by atoms with Crippen LogP contribution in [0.4, 0.5) is 5.69 Å². The van der Waals surface area contributed by atoms with E-state index in [9.17, 15) is 4.79 Å². The molecule has 0 saturated carbocycles. The summed E-state index contributed by atoms with van der Waals surface area (Å²) in [4.78, 5) is 16.5. The molecule has 0 aliphatic carbocycles. The zero-order valence-electron chi connectivity index (χ0n) is 10.2. The quantitative estimate of drug-likeness (QED) is 0.811. The van der Waals surface area contributed by atoms with Gasteiger partial charge in [0, 0.05) is 19.3 Å². The van der Waals surface area contributed by atoms with Crippen LogP contribution in [0.15, 0.2) is 24.5 Å². The fourth-order valence-electron chi connectivity index (χ4n) is 2.84. The smallest absolute Gasteiger partial charge is 0.234 e.